The van der Waals surface area contributed by atoms with Gasteiger partial charge in [-0.15, -0.1) is 0 Å². The molecule has 3 rings (SSSR count). The van der Waals surface area contributed by atoms with E-state index in [1.54, 1.807) is 24.3 Å². The van der Waals surface area contributed by atoms with E-state index in [1.807, 2.05) is 61.5 Å². The van der Waals surface area contributed by atoms with Crippen molar-refractivity contribution in [2.75, 3.05) is 6.61 Å². The predicted molar refractivity (Wildman–Crippen MR) is 136 cm³/mol. The average molecular weight is 483 g/mol. The highest BCUT2D eigenvalue weighted by Gasteiger charge is 2.58. The minimum Gasteiger partial charge on any atom is -0.462 e. The van der Waals surface area contributed by atoms with Crippen molar-refractivity contribution >= 4 is 20.2 Å². The van der Waals surface area contributed by atoms with Crippen LogP contribution in [0.3, 0.4) is 0 Å². The standard InChI is InChI=1S/C26H39B2NO6/c1-23(2)24(3,4)33-27(32-23)17-21(28-34-25(5,6)26(7,8)35-28)20(18-29)15-12-16-31-22(30)19-13-10-9-11-14-19/h9-11,13-14,20-21H,12,15-17H2,1-8H3. The van der Waals surface area contributed by atoms with E-state index in [4.69, 9.17) is 23.4 Å². The fourth-order valence-electron chi connectivity index (χ4n) is 4.31. The van der Waals surface area contributed by atoms with Gasteiger partial charge in [0, 0.05) is 11.7 Å². The first-order chi connectivity index (χ1) is 16.2. The Labute approximate surface area is 211 Å². The molecule has 2 unspecified atom stereocenters. The van der Waals surface area contributed by atoms with E-state index in [9.17, 15) is 10.1 Å². The zero-order valence-electron chi connectivity index (χ0n) is 22.4. The van der Waals surface area contributed by atoms with Crippen LogP contribution in [0.1, 0.15) is 78.6 Å². The third-order valence-corrected chi connectivity index (χ3v) is 7.97. The van der Waals surface area contributed by atoms with Crippen molar-refractivity contribution in [1.29, 1.82) is 5.26 Å². The number of nitrogens with zero attached hydrogens (tertiary/aromatic N) is 1. The van der Waals surface area contributed by atoms with Gasteiger partial charge in [0.15, 0.2) is 0 Å². The van der Waals surface area contributed by atoms with E-state index in [2.05, 4.69) is 6.07 Å². The van der Waals surface area contributed by atoms with Gasteiger partial charge in [0.25, 0.3) is 0 Å². The van der Waals surface area contributed by atoms with Crippen molar-refractivity contribution in [3.63, 3.8) is 0 Å². The van der Waals surface area contributed by atoms with Gasteiger partial charge in [-0.3, -0.25) is 0 Å². The number of esters is 1. The molecule has 2 heterocycles. The van der Waals surface area contributed by atoms with Gasteiger partial charge in [-0.1, -0.05) is 18.2 Å². The maximum atomic E-state index is 12.2. The van der Waals surface area contributed by atoms with Gasteiger partial charge in [0.05, 0.1) is 40.6 Å². The van der Waals surface area contributed by atoms with E-state index in [0.29, 0.717) is 24.7 Å². The van der Waals surface area contributed by atoms with Crippen LogP contribution in [0.5, 0.6) is 0 Å². The molecule has 7 nitrogen and oxygen atoms in total. The SMILES string of the molecule is CC1(C)OB(CC(B2OC(C)(C)C(C)(C)O2)C(C#N)CCCOC(=O)c2ccccc2)OC1(C)C. The highest BCUT2D eigenvalue weighted by molar-refractivity contribution is 6.53. The minimum absolute atomic E-state index is 0.235. The Morgan fingerprint density at radius 3 is 1.94 bits per heavy atom. The summed E-state index contributed by atoms with van der Waals surface area (Å²) in [6.45, 7) is 16.3. The second-order valence-corrected chi connectivity index (χ2v) is 11.6. The molecule has 2 fully saturated rings. The fourth-order valence-corrected chi connectivity index (χ4v) is 4.31. The van der Waals surface area contributed by atoms with Gasteiger partial charge >= 0.3 is 20.2 Å². The number of rotatable bonds is 9. The zero-order chi connectivity index (χ0) is 26.1. The lowest BCUT2D eigenvalue weighted by atomic mass is 9.56. The van der Waals surface area contributed by atoms with Gasteiger partial charge in [0.2, 0.25) is 0 Å². The van der Waals surface area contributed by atoms with Crippen molar-refractivity contribution in [2.45, 2.75) is 103 Å². The summed E-state index contributed by atoms with van der Waals surface area (Å²) < 4.78 is 30.6. The molecule has 0 radical (unpaired) electrons. The molecule has 0 spiro atoms. The van der Waals surface area contributed by atoms with Crippen LogP contribution >= 0.6 is 0 Å². The Morgan fingerprint density at radius 1 is 0.914 bits per heavy atom. The van der Waals surface area contributed by atoms with Crippen molar-refractivity contribution in [3.05, 3.63) is 35.9 Å². The predicted octanol–water partition coefficient (Wildman–Crippen LogP) is 5.32. The van der Waals surface area contributed by atoms with E-state index in [1.165, 1.54) is 0 Å². The van der Waals surface area contributed by atoms with Gasteiger partial charge in [-0.2, -0.15) is 5.26 Å². The monoisotopic (exact) mass is 483 g/mol. The molecule has 9 heteroatoms. The van der Waals surface area contributed by atoms with Crippen LogP contribution in [0.4, 0.5) is 0 Å². The second-order valence-electron chi connectivity index (χ2n) is 11.6. The van der Waals surface area contributed by atoms with Crippen LogP contribution < -0.4 is 0 Å². The van der Waals surface area contributed by atoms with Crippen LogP contribution in [0.15, 0.2) is 30.3 Å². The Bertz CT molecular complexity index is 896. The molecular weight excluding hydrogens is 444 g/mol. The van der Waals surface area contributed by atoms with Gasteiger partial charge in [0.1, 0.15) is 0 Å². The van der Waals surface area contributed by atoms with Gasteiger partial charge in [-0.05, 0) is 86.7 Å². The second kappa shape index (κ2) is 10.3. The molecule has 2 aliphatic heterocycles. The van der Waals surface area contributed by atoms with Crippen molar-refractivity contribution in [1.82, 2.24) is 0 Å². The molecule has 0 amide bonds. The molecule has 0 bridgehead atoms. The summed E-state index contributed by atoms with van der Waals surface area (Å²) >= 11 is 0. The number of carbonyl (C=O) groups excluding carboxylic acids is 1. The van der Waals surface area contributed by atoms with E-state index >= 15 is 0 Å². The quantitative estimate of drug-likeness (QED) is 0.267. The van der Waals surface area contributed by atoms with Crippen molar-refractivity contribution < 1.29 is 28.1 Å². The Morgan fingerprint density at radius 2 is 1.43 bits per heavy atom. The summed E-state index contributed by atoms with van der Waals surface area (Å²) in [5.74, 6) is -1.03. The third kappa shape index (κ3) is 6.11. The lowest BCUT2D eigenvalue weighted by molar-refractivity contribution is 0.00578. The average Bonchev–Trinajstić information content (AvgIpc) is 3.11. The first-order valence-corrected chi connectivity index (χ1v) is 12.5. The molecular formula is C26H39B2NO6. The van der Waals surface area contributed by atoms with E-state index in [0.717, 1.165) is 0 Å². The summed E-state index contributed by atoms with van der Waals surface area (Å²) in [4.78, 5) is 12.2. The number of carbonyl (C=O) groups is 1. The van der Waals surface area contributed by atoms with Crippen LogP contribution in [-0.2, 0) is 23.4 Å². The zero-order valence-corrected chi connectivity index (χ0v) is 22.4. The minimum atomic E-state index is -0.574. The van der Waals surface area contributed by atoms with Crippen LogP contribution in [-0.4, -0.2) is 49.2 Å². The lowest BCUT2D eigenvalue weighted by Crippen LogP contribution is -2.41. The molecule has 2 saturated heterocycles. The summed E-state index contributed by atoms with van der Waals surface area (Å²) in [7, 11) is -1.05. The summed E-state index contributed by atoms with van der Waals surface area (Å²) in [5, 5.41) is 10.1. The highest BCUT2D eigenvalue weighted by atomic mass is 16.7. The number of benzene rings is 1. The molecule has 0 aromatic heterocycles. The molecule has 1 aromatic carbocycles. The molecule has 35 heavy (non-hydrogen) atoms. The fraction of sp³-hybridized carbons (Fsp3) is 0.692. The molecule has 1 aromatic rings. The Kier molecular flexibility index (Phi) is 8.13. The number of nitriles is 1. The lowest BCUT2D eigenvalue weighted by Gasteiger charge is -2.32. The molecule has 2 atom stereocenters. The van der Waals surface area contributed by atoms with Crippen molar-refractivity contribution in [2.24, 2.45) is 5.92 Å². The number of hydrogen-bond acceptors (Lipinski definition) is 7. The summed E-state index contributed by atoms with van der Waals surface area (Å²) in [6, 6.07) is 11.3. The van der Waals surface area contributed by atoms with E-state index in [-0.39, 0.29) is 24.3 Å². The van der Waals surface area contributed by atoms with Crippen LogP contribution in [0.2, 0.25) is 12.1 Å². The molecule has 190 valence electrons. The summed E-state index contributed by atoms with van der Waals surface area (Å²) in [5.41, 5.74) is -1.45. The van der Waals surface area contributed by atoms with Crippen LogP contribution in [0.25, 0.3) is 0 Å². The topological polar surface area (TPSA) is 87.0 Å². The number of hydrogen-bond donors (Lipinski definition) is 0. The summed E-state index contributed by atoms with van der Waals surface area (Å²) in [6.07, 6.45) is 1.55. The largest absolute Gasteiger partial charge is 0.462 e. The maximum Gasteiger partial charge on any atom is 0.461 e. The Balaban J connectivity index is 1.68. The molecule has 0 N–H and O–H groups in total. The normalized spacial score (nSPS) is 23.5. The van der Waals surface area contributed by atoms with Crippen LogP contribution in [0, 0.1) is 17.2 Å². The van der Waals surface area contributed by atoms with Gasteiger partial charge in [-0.25, -0.2) is 4.79 Å². The molecule has 0 aliphatic carbocycles. The molecule has 0 saturated carbocycles. The van der Waals surface area contributed by atoms with E-state index < -0.39 is 36.6 Å². The first-order valence-electron chi connectivity index (χ1n) is 12.5. The first kappa shape index (κ1) is 27.7. The number of ether oxygens (including phenoxy) is 1. The third-order valence-electron chi connectivity index (χ3n) is 7.97. The maximum absolute atomic E-state index is 12.2. The molecule has 2 aliphatic rings. The van der Waals surface area contributed by atoms with Crippen molar-refractivity contribution in [3.8, 4) is 6.07 Å². The smallest absolute Gasteiger partial charge is 0.461 e. The highest BCUT2D eigenvalue weighted by Crippen LogP contribution is 2.46. The van der Waals surface area contributed by atoms with Gasteiger partial charge < -0.3 is 23.4 Å². The Hall–Kier alpha value is -1.85.